The number of aromatic nitrogens is 4. The Balaban J connectivity index is 1.40. The number of carbonyl (C=O) groups is 1. The summed E-state index contributed by atoms with van der Waals surface area (Å²) in [5.74, 6) is 2.71. The van der Waals surface area contributed by atoms with Crippen LogP contribution in [0.3, 0.4) is 0 Å². The first-order valence-electron chi connectivity index (χ1n) is 10.7. The Bertz CT molecular complexity index is 1350. The van der Waals surface area contributed by atoms with Crippen molar-refractivity contribution in [3.05, 3.63) is 76.6 Å². The molecule has 2 aromatic heterocycles. The van der Waals surface area contributed by atoms with Crippen molar-refractivity contribution in [3.63, 3.8) is 0 Å². The van der Waals surface area contributed by atoms with E-state index >= 15 is 0 Å². The van der Waals surface area contributed by atoms with Gasteiger partial charge in [0.15, 0.2) is 17.3 Å². The zero-order valence-corrected chi connectivity index (χ0v) is 19.6. The zero-order chi connectivity index (χ0) is 22.9. The largest absolute Gasteiger partial charge is 0.493 e. The molecule has 1 aliphatic carbocycles. The first kappa shape index (κ1) is 21.5. The van der Waals surface area contributed by atoms with Crippen LogP contribution < -0.4 is 9.47 Å². The minimum absolute atomic E-state index is 0.0258. The van der Waals surface area contributed by atoms with Gasteiger partial charge in [-0.1, -0.05) is 47.7 Å². The molecule has 0 amide bonds. The van der Waals surface area contributed by atoms with Gasteiger partial charge in [0.25, 0.3) is 5.78 Å². The molecular weight excluding hydrogens is 436 g/mol. The molecule has 0 radical (unpaired) electrons. The molecule has 0 unspecified atom stereocenters. The van der Waals surface area contributed by atoms with E-state index in [1.54, 1.807) is 36.7 Å². The van der Waals surface area contributed by atoms with Gasteiger partial charge in [-0.05, 0) is 42.5 Å². The SMILES string of the molecule is COc1ccc([C@H]2CC(=O)c3cn4nc(SCc5cccc(C)c5)nc4nc3C2)cc1OC. The molecular formula is C25H24N4O3S. The summed E-state index contributed by atoms with van der Waals surface area (Å²) >= 11 is 1.56. The lowest BCUT2D eigenvalue weighted by molar-refractivity contribution is 0.0962. The molecule has 4 aromatic rings. The van der Waals surface area contributed by atoms with E-state index < -0.39 is 0 Å². The topological polar surface area (TPSA) is 78.6 Å². The molecule has 0 saturated carbocycles. The van der Waals surface area contributed by atoms with Crippen molar-refractivity contribution in [2.24, 2.45) is 0 Å². The van der Waals surface area contributed by atoms with Gasteiger partial charge in [0.2, 0.25) is 5.16 Å². The smallest absolute Gasteiger partial charge is 0.253 e. The second-order valence-electron chi connectivity index (χ2n) is 8.16. The van der Waals surface area contributed by atoms with Gasteiger partial charge in [-0.15, -0.1) is 5.10 Å². The number of ketones is 1. The Morgan fingerprint density at radius 3 is 2.70 bits per heavy atom. The van der Waals surface area contributed by atoms with Crippen molar-refractivity contribution in [2.75, 3.05) is 14.2 Å². The van der Waals surface area contributed by atoms with E-state index in [9.17, 15) is 4.79 Å². The fourth-order valence-corrected chi connectivity index (χ4v) is 4.99. The van der Waals surface area contributed by atoms with Crippen LogP contribution in [0, 0.1) is 6.92 Å². The molecule has 2 heterocycles. The number of benzene rings is 2. The lowest BCUT2D eigenvalue weighted by atomic mass is 9.82. The number of methoxy groups -OCH3 is 2. The second-order valence-corrected chi connectivity index (χ2v) is 9.10. The molecule has 0 aliphatic heterocycles. The summed E-state index contributed by atoms with van der Waals surface area (Å²) in [7, 11) is 3.22. The summed E-state index contributed by atoms with van der Waals surface area (Å²) in [6, 6.07) is 14.2. The predicted molar refractivity (Wildman–Crippen MR) is 126 cm³/mol. The summed E-state index contributed by atoms with van der Waals surface area (Å²) in [5.41, 5.74) is 4.87. The summed E-state index contributed by atoms with van der Waals surface area (Å²) in [4.78, 5) is 22.3. The molecule has 0 saturated heterocycles. The van der Waals surface area contributed by atoms with Crippen LogP contribution in [-0.4, -0.2) is 39.6 Å². The number of ether oxygens (including phenoxy) is 2. The minimum atomic E-state index is 0.0258. The molecule has 0 fully saturated rings. The minimum Gasteiger partial charge on any atom is -0.493 e. The molecule has 8 heteroatoms. The third-order valence-corrected chi connectivity index (χ3v) is 6.80. The van der Waals surface area contributed by atoms with Crippen LogP contribution in [0.25, 0.3) is 5.78 Å². The molecule has 5 rings (SSSR count). The van der Waals surface area contributed by atoms with Gasteiger partial charge in [-0.3, -0.25) is 4.79 Å². The molecule has 0 N–H and O–H groups in total. The molecule has 2 aromatic carbocycles. The first-order valence-corrected chi connectivity index (χ1v) is 11.7. The van der Waals surface area contributed by atoms with E-state index in [2.05, 4.69) is 41.3 Å². The Morgan fingerprint density at radius 1 is 1.06 bits per heavy atom. The standard InChI is InChI=1S/C25H24N4O3S/c1-15-5-4-6-16(9-15)14-33-25-27-24-26-20-10-18(11-21(30)19(20)13-29(24)28-25)17-7-8-22(31-2)23(12-17)32-3/h4-9,12-13,18H,10-11,14H2,1-3H3/t18-/m1/s1. The van der Waals surface area contributed by atoms with Crippen molar-refractivity contribution in [1.82, 2.24) is 19.6 Å². The van der Waals surface area contributed by atoms with Gasteiger partial charge in [0.1, 0.15) is 0 Å². The van der Waals surface area contributed by atoms with Gasteiger partial charge >= 0.3 is 0 Å². The van der Waals surface area contributed by atoms with E-state index in [1.807, 2.05) is 18.2 Å². The van der Waals surface area contributed by atoms with Gasteiger partial charge in [-0.2, -0.15) is 4.98 Å². The maximum atomic E-state index is 13.0. The Labute approximate surface area is 196 Å². The van der Waals surface area contributed by atoms with E-state index in [0.29, 0.717) is 40.8 Å². The predicted octanol–water partition coefficient (Wildman–Crippen LogP) is 4.65. The monoisotopic (exact) mass is 460 g/mol. The number of Topliss-reactive ketones (excluding diaryl/α,β-unsaturated/α-hetero) is 1. The highest BCUT2D eigenvalue weighted by molar-refractivity contribution is 7.98. The van der Waals surface area contributed by atoms with E-state index in [-0.39, 0.29) is 11.7 Å². The van der Waals surface area contributed by atoms with Crippen LogP contribution in [0.1, 0.15) is 45.1 Å². The number of hydrogen-bond acceptors (Lipinski definition) is 7. The van der Waals surface area contributed by atoms with Gasteiger partial charge < -0.3 is 9.47 Å². The van der Waals surface area contributed by atoms with E-state index in [0.717, 1.165) is 17.0 Å². The molecule has 33 heavy (non-hydrogen) atoms. The quantitative estimate of drug-likeness (QED) is 0.387. The number of nitrogens with zero attached hydrogens (tertiary/aromatic N) is 4. The molecule has 1 aliphatic rings. The van der Waals surface area contributed by atoms with Crippen molar-refractivity contribution in [2.45, 2.75) is 36.6 Å². The normalized spacial score (nSPS) is 15.5. The molecule has 1 atom stereocenters. The number of aryl methyl sites for hydroxylation is 1. The average molecular weight is 461 g/mol. The highest BCUT2D eigenvalue weighted by Gasteiger charge is 2.29. The fraction of sp³-hybridized carbons (Fsp3) is 0.280. The summed E-state index contributed by atoms with van der Waals surface area (Å²) < 4.78 is 12.4. The fourth-order valence-electron chi connectivity index (χ4n) is 4.22. The molecule has 0 bridgehead atoms. The number of rotatable bonds is 6. The van der Waals surface area contributed by atoms with Crippen LogP contribution >= 0.6 is 11.8 Å². The third kappa shape index (κ3) is 4.30. The number of carbonyl (C=O) groups excluding carboxylic acids is 1. The molecule has 168 valence electrons. The highest BCUT2D eigenvalue weighted by Crippen LogP contribution is 2.36. The van der Waals surface area contributed by atoms with Crippen molar-refractivity contribution in [1.29, 1.82) is 0 Å². The number of fused-ring (bicyclic) bond motifs is 2. The Kier molecular flexibility index (Phi) is 5.76. The maximum absolute atomic E-state index is 13.0. The van der Waals surface area contributed by atoms with Gasteiger partial charge in [-0.25, -0.2) is 9.50 Å². The van der Waals surface area contributed by atoms with Crippen molar-refractivity contribution >= 4 is 23.3 Å². The molecule has 0 spiro atoms. The van der Waals surface area contributed by atoms with Crippen LogP contribution in [0.5, 0.6) is 11.5 Å². The van der Waals surface area contributed by atoms with Crippen molar-refractivity contribution < 1.29 is 14.3 Å². The Morgan fingerprint density at radius 2 is 1.91 bits per heavy atom. The van der Waals surface area contributed by atoms with Crippen LogP contribution in [0.4, 0.5) is 0 Å². The van der Waals surface area contributed by atoms with Gasteiger partial charge in [0.05, 0.1) is 25.5 Å². The maximum Gasteiger partial charge on any atom is 0.253 e. The van der Waals surface area contributed by atoms with E-state index in [1.165, 1.54) is 11.1 Å². The third-order valence-electron chi connectivity index (χ3n) is 5.89. The first-order chi connectivity index (χ1) is 16.0. The average Bonchev–Trinajstić information content (AvgIpc) is 3.23. The van der Waals surface area contributed by atoms with Crippen LogP contribution in [-0.2, 0) is 12.2 Å². The lowest BCUT2D eigenvalue weighted by Gasteiger charge is -2.23. The van der Waals surface area contributed by atoms with Crippen LogP contribution in [0.2, 0.25) is 0 Å². The Hall–Kier alpha value is -3.39. The highest BCUT2D eigenvalue weighted by atomic mass is 32.2. The lowest BCUT2D eigenvalue weighted by Crippen LogP contribution is -2.21. The summed E-state index contributed by atoms with van der Waals surface area (Å²) in [5, 5.41) is 5.18. The van der Waals surface area contributed by atoms with Gasteiger partial charge in [0, 0.05) is 18.4 Å². The second kappa shape index (κ2) is 8.86. The molecule has 7 nitrogen and oxygen atoms in total. The summed E-state index contributed by atoms with van der Waals surface area (Å²) in [6.45, 7) is 2.08. The van der Waals surface area contributed by atoms with Crippen LogP contribution in [0.15, 0.2) is 53.8 Å². The van der Waals surface area contributed by atoms with E-state index in [4.69, 9.17) is 14.5 Å². The number of hydrogen-bond donors (Lipinski definition) is 0. The summed E-state index contributed by atoms with van der Waals surface area (Å²) in [6.07, 6.45) is 2.85. The number of thioether (sulfide) groups is 1. The van der Waals surface area contributed by atoms with Crippen molar-refractivity contribution in [3.8, 4) is 11.5 Å². The zero-order valence-electron chi connectivity index (χ0n) is 18.7.